The van der Waals surface area contributed by atoms with Crippen LogP contribution in [0.15, 0.2) is 0 Å². The summed E-state index contributed by atoms with van der Waals surface area (Å²) >= 11 is 5.34. The lowest BCUT2D eigenvalue weighted by Gasteiger charge is -2.20. The van der Waals surface area contributed by atoms with Crippen molar-refractivity contribution >= 4 is 17.3 Å². The van der Waals surface area contributed by atoms with Crippen LogP contribution < -0.4 is 0 Å². The van der Waals surface area contributed by atoms with E-state index in [0.717, 1.165) is 31.3 Å². The number of rotatable bonds is 4. The summed E-state index contributed by atoms with van der Waals surface area (Å²) in [6.45, 7) is 8.91. The van der Waals surface area contributed by atoms with Crippen LogP contribution in [0.2, 0.25) is 0 Å². The van der Waals surface area contributed by atoms with E-state index in [1.807, 2.05) is 0 Å². The maximum Gasteiger partial charge on any atom is 0.171 e. The van der Waals surface area contributed by atoms with Crippen LogP contribution in [0.4, 0.5) is 0 Å². The van der Waals surface area contributed by atoms with E-state index in [1.54, 1.807) is 0 Å². The lowest BCUT2D eigenvalue weighted by atomic mass is 10.4. The number of nitrogens with zero attached hydrogens (tertiary/aromatic N) is 2. The van der Waals surface area contributed by atoms with Crippen molar-refractivity contribution in [2.45, 2.75) is 26.7 Å². The van der Waals surface area contributed by atoms with Gasteiger partial charge in [-0.25, -0.2) is 0 Å². The first-order valence-electron chi connectivity index (χ1n) is 4.83. The fraction of sp³-hybridized carbons (Fsp3) is 0.889. The predicted molar refractivity (Wildman–Crippen MR) is 56.3 cm³/mol. The van der Waals surface area contributed by atoms with Gasteiger partial charge in [0.25, 0.3) is 0 Å². The monoisotopic (exact) mass is 186 g/mol. The van der Waals surface area contributed by atoms with Crippen molar-refractivity contribution in [3.8, 4) is 0 Å². The first-order chi connectivity index (χ1) is 5.79. The average Bonchev–Trinajstić information content (AvgIpc) is 2.38. The van der Waals surface area contributed by atoms with Gasteiger partial charge in [0.1, 0.15) is 0 Å². The normalized spacial score (nSPS) is 17.7. The summed E-state index contributed by atoms with van der Waals surface area (Å²) in [6, 6.07) is 0. The van der Waals surface area contributed by atoms with Gasteiger partial charge in [0, 0.05) is 26.2 Å². The van der Waals surface area contributed by atoms with Crippen molar-refractivity contribution < 1.29 is 0 Å². The summed E-state index contributed by atoms with van der Waals surface area (Å²) in [4.78, 5) is 4.62. The van der Waals surface area contributed by atoms with Gasteiger partial charge < -0.3 is 9.80 Å². The molecule has 1 heterocycles. The maximum atomic E-state index is 5.34. The fourth-order valence-corrected chi connectivity index (χ4v) is 1.95. The molecule has 0 aromatic carbocycles. The van der Waals surface area contributed by atoms with Gasteiger partial charge in [0.05, 0.1) is 0 Å². The largest absolute Gasteiger partial charge is 0.347 e. The molecule has 0 aromatic heterocycles. The number of thiocarbonyl (C=S) groups is 1. The number of hydrogen-bond donors (Lipinski definition) is 0. The Morgan fingerprint density at radius 2 is 1.50 bits per heavy atom. The Hall–Kier alpha value is -0.310. The second-order valence-corrected chi connectivity index (χ2v) is 3.62. The Balaban J connectivity index is 2.38. The van der Waals surface area contributed by atoms with Crippen LogP contribution in [0.25, 0.3) is 0 Å². The Bertz CT molecular complexity index is 143. The standard InChI is InChI=1S/C9H18N2S/c1-3-5-10-7-8-11(6-4-2)9(10)12/h3-8H2,1-2H3. The van der Waals surface area contributed by atoms with Gasteiger partial charge in [-0.2, -0.15) is 0 Å². The molecule has 1 fully saturated rings. The molecule has 1 rings (SSSR count). The zero-order valence-corrected chi connectivity index (χ0v) is 8.86. The van der Waals surface area contributed by atoms with Crippen LogP contribution in [0.1, 0.15) is 26.7 Å². The van der Waals surface area contributed by atoms with E-state index in [-0.39, 0.29) is 0 Å². The summed E-state index contributed by atoms with van der Waals surface area (Å²) in [5.41, 5.74) is 0. The molecular weight excluding hydrogens is 168 g/mol. The first-order valence-corrected chi connectivity index (χ1v) is 5.24. The summed E-state index contributed by atoms with van der Waals surface area (Å²) in [7, 11) is 0. The van der Waals surface area contributed by atoms with E-state index in [4.69, 9.17) is 12.2 Å². The van der Waals surface area contributed by atoms with Crippen LogP contribution in [-0.4, -0.2) is 41.1 Å². The van der Waals surface area contributed by atoms with Crippen molar-refractivity contribution in [1.29, 1.82) is 0 Å². The van der Waals surface area contributed by atoms with Crippen LogP contribution in [-0.2, 0) is 0 Å². The quantitative estimate of drug-likeness (QED) is 0.617. The summed E-state index contributed by atoms with van der Waals surface area (Å²) in [6.07, 6.45) is 2.39. The zero-order chi connectivity index (χ0) is 8.97. The van der Waals surface area contributed by atoms with Crippen LogP contribution in [0.5, 0.6) is 0 Å². The van der Waals surface area contributed by atoms with Gasteiger partial charge >= 0.3 is 0 Å². The molecule has 0 radical (unpaired) electrons. The molecule has 0 bridgehead atoms. The van der Waals surface area contributed by atoms with Crippen molar-refractivity contribution in [3.63, 3.8) is 0 Å². The first kappa shape index (κ1) is 9.78. The topological polar surface area (TPSA) is 6.48 Å². The highest BCUT2D eigenvalue weighted by Gasteiger charge is 2.22. The molecule has 0 unspecified atom stereocenters. The summed E-state index contributed by atoms with van der Waals surface area (Å²) in [5.74, 6) is 0. The lowest BCUT2D eigenvalue weighted by molar-refractivity contribution is 0.461. The Morgan fingerprint density at radius 1 is 1.08 bits per heavy atom. The van der Waals surface area contributed by atoms with E-state index in [9.17, 15) is 0 Å². The molecule has 1 saturated heterocycles. The van der Waals surface area contributed by atoms with Gasteiger partial charge in [-0.15, -0.1) is 0 Å². The minimum Gasteiger partial charge on any atom is -0.347 e. The van der Waals surface area contributed by atoms with E-state index >= 15 is 0 Å². The number of hydrogen-bond acceptors (Lipinski definition) is 1. The minimum absolute atomic E-state index is 1.07. The van der Waals surface area contributed by atoms with Crippen LogP contribution in [0.3, 0.4) is 0 Å². The van der Waals surface area contributed by atoms with E-state index in [0.29, 0.717) is 0 Å². The molecule has 0 spiro atoms. The molecule has 0 saturated carbocycles. The molecule has 0 aliphatic carbocycles. The third-order valence-electron chi connectivity index (χ3n) is 2.17. The van der Waals surface area contributed by atoms with Gasteiger partial charge in [-0.3, -0.25) is 0 Å². The van der Waals surface area contributed by atoms with E-state index < -0.39 is 0 Å². The second kappa shape index (κ2) is 4.65. The van der Waals surface area contributed by atoms with Crippen molar-refractivity contribution in [2.24, 2.45) is 0 Å². The molecule has 1 aliphatic heterocycles. The maximum absolute atomic E-state index is 5.34. The van der Waals surface area contributed by atoms with Crippen molar-refractivity contribution in [1.82, 2.24) is 9.80 Å². The molecule has 70 valence electrons. The zero-order valence-electron chi connectivity index (χ0n) is 8.05. The smallest absolute Gasteiger partial charge is 0.171 e. The minimum atomic E-state index is 1.07. The van der Waals surface area contributed by atoms with Gasteiger partial charge in [-0.05, 0) is 25.1 Å². The Kier molecular flexibility index (Phi) is 3.79. The van der Waals surface area contributed by atoms with E-state index in [2.05, 4.69) is 23.6 Å². The molecule has 0 aromatic rings. The van der Waals surface area contributed by atoms with Gasteiger partial charge in [-0.1, -0.05) is 13.8 Å². The van der Waals surface area contributed by atoms with Crippen LogP contribution in [0, 0.1) is 0 Å². The third-order valence-corrected chi connectivity index (χ3v) is 2.68. The average molecular weight is 186 g/mol. The van der Waals surface area contributed by atoms with Crippen molar-refractivity contribution in [2.75, 3.05) is 26.2 Å². The molecule has 12 heavy (non-hydrogen) atoms. The molecule has 1 aliphatic rings. The molecular formula is C9H18N2S. The SMILES string of the molecule is CCCN1CCN(CCC)C1=S. The third kappa shape index (κ3) is 2.09. The Morgan fingerprint density at radius 3 is 1.83 bits per heavy atom. The predicted octanol–water partition coefficient (Wildman–Crippen LogP) is 1.71. The second-order valence-electron chi connectivity index (χ2n) is 3.26. The lowest BCUT2D eigenvalue weighted by Crippen LogP contribution is -2.32. The Labute approximate surface area is 80.5 Å². The molecule has 2 nitrogen and oxygen atoms in total. The fourth-order valence-electron chi connectivity index (χ4n) is 1.59. The molecule has 3 heteroatoms. The van der Waals surface area contributed by atoms with Gasteiger partial charge in [0.15, 0.2) is 5.11 Å². The summed E-state index contributed by atoms with van der Waals surface area (Å²) in [5, 5.41) is 1.07. The molecule has 0 atom stereocenters. The van der Waals surface area contributed by atoms with Gasteiger partial charge in [0.2, 0.25) is 0 Å². The molecule has 0 amide bonds. The van der Waals surface area contributed by atoms with Crippen LogP contribution >= 0.6 is 12.2 Å². The van der Waals surface area contributed by atoms with E-state index in [1.165, 1.54) is 12.8 Å². The van der Waals surface area contributed by atoms with Crippen molar-refractivity contribution in [3.05, 3.63) is 0 Å². The summed E-state index contributed by atoms with van der Waals surface area (Å²) < 4.78 is 0. The molecule has 0 N–H and O–H groups in total. The highest BCUT2D eigenvalue weighted by atomic mass is 32.1. The highest BCUT2D eigenvalue weighted by molar-refractivity contribution is 7.80. The highest BCUT2D eigenvalue weighted by Crippen LogP contribution is 2.09.